The first-order valence-electron chi connectivity index (χ1n) is 8.36. The Kier molecular flexibility index (Phi) is 9.47. The molecule has 2 saturated heterocycles. The normalized spacial score (nSPS) is 20.8. The lowest BCUT2D eigenvalue weighted by Gasteiger charge is -2.41. The minimum Gasteiger partial charge on any atom is -0.381 e. The van der Waals surface area contributed by atoms with E-state index in [4.69, 9.17) is 16.3 Å². The topological polar surface area (TPSA) is 24.5 Å². The molecule has 2 aliphatic heterocycles. The molecule has 2 heterocycles. The zero-order valence-corrected chi connectivity index (χ0v) is 16.6. The maximum absolute atomic E-state index is 13.2. The number of alkyl halides is 3. The van der Waals surface area contributed by atoms with Crippen molar-refractivity contribution in [2.75, 3.05) is 39.4 Å². The molecule has 0 radical (unpaired) electrons. The second kappa shape index (κ2) is 10.3. The zero-order valence-electron chi connectivity index (χ0n) is 14.2. The van der Waals surface area contributed by atoms with Crippen LogP contribution in [0.15, 0.2) is 18.2 Å². The fraction of sp³-hybridized carbons (Fsp3) is 0.647. The van der Waals surface area contributed by atoms with Crippen molar-refractivity contribution in [3.63, 3.8) is 0 Å². The van der Waals surface area contributed by atoms with E-state index in [-0.39, 0.29) is 41.8 Å². The van der Waals surface area contributed by atoms with Gasteiger partial charge in [-0.25, -0.2) is 0 Å². The van der Waals surface area contributed by atoms with Crippen molar-refractivity contribution in [2.24, 2.45) is 5.92 Å². The largest absolute Gasteiger partial charge is 0.417 e. The summed E-state index contributed by atoms with van der Waals surface area (Å²) in [5, 5.41) is 3.14. The molecule has 3 nitrogen and oxygen atoms in total. The molecule has 0 aromatic heterocycles. The zero-order chi connectivity index (χ0) is 17.2. The van der Waals surface area contributed by atoms with Gasteiger partial charge in [0.2, 0.25) is 0 Å². The Hall–Kier alpha value is -0.240. The number of nitrogens with one attached hydrogen (secondary N) is 1. The van der Waals surface area contributed by atoms with E-state index < -0.39 is 11.7 Å². The van der Waals surface area contributed by atoms with E-state index in [0.717, 1.165) is 45.1 Å². The quantitative estimate of drug-likeness (QED) is 0.752. The van der Waals surface area contributed by atoms with Crippen LogP contribution in [-0.2, 0) is 10.9 Å². The van der Waals surface area contributed by atoms with Crippen molar-refractivity contribution < 1.29 is 17.9 Å². The minimum absolute atomic E-state index is 0. The van der Waals surface area contributed by atoms with Gasteiger partial charge in [-0.15, -0.1) is 24.8 Å². The Bertz CT molecular complexity index is 545. The van der Waals surface area contributed by atoms with E-state index in [0.29, 0.717) is 18.8 Å². The first kappa shape index (κ1) is 23.8. The third kappa shape index (κ3) is 5.40. The van der Waals surface area contributed by atoms with Crippen LogP contribution in [0.2, 0.25) is 5.02 Å². The predicted octanol–water partition coefficient (Wildman–Crippen LogP) is 4.58. The highest BCUT2D eigenvalue weighted by atomic mass is 35.5. The van der Waals surface area contributed by atoms with E-state index >= 15 is 0 Å². The summed E-state index contributed by atoms with van der Waals surface area (Å²) in [6, 6.07) is 4.19. The fourth-order valence-electron chi connectivity index (χ4n) is 3.74. The van der Waals surface area contributed by atoms with Crippen molar-refractivity contribution in [3.05, 3.63) is 34.3 Å². The summed E-state index contributed by atoms with van der Waals surface area (Å²) in [5.41, 5.74) is -0.144. The van der Waals surface area contributed by atoms with Gasteiger partial charge in [-0.2, -0.15) is 13.2 Å². The summed E-state index contributed by atoms with van der Waals surface area (Å²) in [4.78, 5) is 2.27. The van der Waals surface area contributed by atoms with E-state index in [2.05, 4.69) is 10.2 Å². The number of hydrogen-bond donors (Lipinski definition) is 1. The first-order chi connectivity index (χ1) is 11.5. The Labute approximate surface area is 169 Å². The monoisotopic (exact) mass is 434 g/mol. The standard InChI is InChI=1S/C17H22ClF3N2O.2ClH/c18-15-13(2-1-3-14(15)17(19,20)21)16(12-4-10-24-11-5-12)23-8-6-22-7-9-23;;/h1-3,12,16,22H,4-11H2;2*1H/t16-;;/m0../s1. The molecule has 0 aliphatic carbocycles. The molecular weight excluding hydrogens is 412 g/mol. The van der Waals surface area contributed by atoms with Crippen LogP contribution in [0, 0.1) is 5.92 Å². The highest BCUT2D eigenvalue weighted by molar-refractivity contribution is 6.32. The number of halogens is 6. The first-order valence-corrected chi connectivity index (χ1v) is 8.74. The summed E-state index contributed by atoms with van der Waals surface area (Å²) >= 11 is 6.23. The molecular formula is C17H24Cl3F3N2O. The molecule has 26 heavy (non-hydrogen) atoms. The second-order valence-electron chi connectivity index (χ2n) is 6.39. The summed E-state index contributed by atoms with van der Waals surface area (Å²) < 4.78 is 45.2. The predicted molar refractivity (Wildman–Crippen MR) is 102 cm³/mol. The highest BCUT2D eigenvalue weighted by Gasteiger charge is 2.38. The summed E-state index contributed by atoms with van der Waals surface area (Å²) in [6.07, 6.45) is -2.74. The second-order valence-corrected chi connectivity index (χ2v) is 6.77. The molecule has 0 spiro atoms. The molecule has 1 aromatic rings. The van der Waals surface area contributed by atoms with Crippen LogP contribution in [0.25, 0.3) is 0 Å². The molecule has 2 fully saturated rings. The molecule has 9 heteroatoms. The molecule has 3 rings (SSSR count). The third-order valence-corrected chi connectivity index (χ3v) is 5.33. The van der Waals surface area contributed by atoms with E-state index in [9.17, 15) is 13.2 Å². The van der Waals surface area contributed by atoms with Crippen LogP contribution in [-0.4, -0.2) is 44.3 Å². The van der Waals surface area contributed by atoms with Crippen LogP contribution in [0.3, 0.4) is 0 Å². The molecule has 1 N–H and O–H groups in total. The molecule has 1 atom stereocenters. The van der Waals surface area contributed by atoms with Gasteiger partial charge in [0.05, 0.1) is 10.6 Å². The van der Waals surface area contributed by atoms with E-state index in [1.54, 1.807) is 6.07 Å². The maximum atomic E-state index is 13.2. The molecule has 0 unspecified atom stereocenters. The number of benzene rings is 1. The molecule has 0 bridgehead atoms. The lowest BCUT2D eigenvalue weighted by atomic mass is 9.85. The van der Waals surface area contributed by atoms with Gasteiger partial charge in [-0.1, -0.05) is 23.7 Å². The number of hydrogen-bond acceptors (Lipinski definition) is 3. The minimum atomic E-state index is -4.43. The van der Waals surface area contributed by atoms with E-state index in [1.165, 1.54) is 6.07 Å². The van der Waals surface area contributed by atoms with E-state index in [1.807, 2.05) is 0 Å². The van der Waals surface area contributed by atoms with Gasteiger partial charge in [0, 0.05) is 45.4 Å². The van der Waals surface area contributed by atoms with Gasteiger partial charge in [-0.05, 0) is 30.4 Å². The van der Waals surface area contributed by atoms with Crippen molar-refractivity contribution in [1.82, 2.24) is 10.2 Å². The van der Waals surface area contributed by atoms with Crippen molar-refractivity contribution >= 4 is 36.4 Å². The van der Waals surface area contributed by atoms with Gasteiger partial charge >= 0.3 is 6.18 Å². The fourth-order valence-corrected chi connectivity index (χ4v) is 4.08. The van der Waals surface area contributed by atoms with Gasteiger partial charge in [0.25, 0.3) is 0 Å². The lowest BCUT2D eigenvalue weighted by molar-refractivity contribution is -0.137. The van der Waals surface area contributed by atoms with Crippen LogP contribution in [0.1, 0.15) is 30.0 Å². The number of piperazine rings is 1. The highest BCUT2D eigenvalue weighted by Crippen LogP contribution is 2.43. The van der Waals surface area contributed by atoms with Crippen LogP contribution in [0.4, 0.5) is 13.2 Å². The van der Waals surface area contributed by atoms with Crippen LogP contribution < -0.4 is 5.32 Å². The Morgan fingerprint density at radius 3 is 2.31 bits per heavy atom. The number of rotatable bonds is 3. The molecule has 1 aromatic carbocycles. The van der Waals surface area contributed by atoms with Gasteiger partial charge in [-0.3, -0.25) is 4.90 Å². The van der Waals surface area contributed by atoms with Crippen molar-refractivity contribution in [2.45, 2.75) is 25.1 Å². The Balaban J connectivity index is 0.00000169. The summed E-state index contributed by atoms with van der Waals surface area (Å²) in [6.45, 7) is 4.63. The molecule has 0 amide bonds. The van der Waals surface area contributed by atoms with Gasteiger partial charge in [0.15, 0.2) is 0 Å². The van der Waals surface area contributed by atoms with Gasteiger partial charge in [0.1, 0.15) is 0 Å². The lowest BCUT2D eigenvalue weighted by Crippen LogP contribution is -2.47. The SMILES string of the molecule is Cl.Cl.FC(F)(F)c1cccc([C@H](C2CCOCC2)N2CCNCC2)c1Cl. The van der Waals surface area contributed by atoms with Crippen LogP contribution >= 0.6 is 36.4 Å². The Morgan fingerprint density at radius 2 is 1.73 bits per heavy atom. The average Bonchev–Trinajstić information content (AvgIpc) is 2.58. The maximum Gasteiger partial charge on any atom is 0.417 e. The summed E-state index contributed by atoms with van der Waals surface area (Å²) in [5.74, 6) is 0.262. The van der Waals surface area contributed by atoms with Crippen molar-refractivity contribution in [1.29, 1.82) is 0 Å². The van der Waals surface area contributed by atoms with Gasteiger partial charge < -0.3 is 10.1 Å². The third-order valence-electron chi connectivity index (χ3n) is 4.91. The van der Waals surface area contributed by atoms with Crippen molar-refractivity contribution in [3.8, 4) is 0 Å². The van der Waals surface area contributed by atoms with Crippen LogP contribution in [0.5, 0.6) is 0 Å². The summed E-state index contributed by atoms with van der Waals surface area (Å²) in [7, 11) is 0. The molecule has 0 saturated carbocycles. The average molecular weight is 436 g/mol. The number of ether oxygens (including phenoxy) is 1. The Morgan fingerprint density at radius 1 is 1.12 bits per heavy atom. The smallest absolute Gasteiger partial charge is 0.381 e. The molecule has 2 aliphatic rings. The molecule has 150 valence electrons. The number of nitrogens with zero attached hydrogens (tertiary/aromatic N) is 1.